The van der Waals surface area contributed by atoms with Gasteiger partial charge in [0.2, 0.25) is 0 Å². The molecule has 21 heavy (non-hydrogen) atoms. The van der Waals surface area contributed by atoms with E-state index in [-0.39, 0.29) is 5.56 Å². The second kappa shape index (κ2) is 5.54. The molecule has 0 spiro atoms. The predicted octanol–water partition coefficient (Wildman–Crippen LogP) is 4.07. The lowest BCUT2D eigenvalue weighted by atomic mass is 9.98. The largest absolute Gasteiger partial charge is 0.497 e. The zero-order valence-electron chi connectivity index (χ0n) is 11.6. The molecule has 0 heterocycles. The fourth-order valence-corrected chi connectivity index (χ4v) is 2.41. The molecule has 3 aromatic rings. The first-order valence-corrected chi connectivity index (χ1v) is 6.69. The molecule has 0 saturated carbocycles. The molecular weight excluding hydrogens is 267 g/mol. The number of benzene rings is 3. The van der Waals surface area contributed by atoms with Gasteiger partial charge in [0, 0.05) is 11.6 Å². The third-order valence-corrected chi connectivity index (χ3v) is 3.59. The molecule has 0 saturated heterocycles. The van der Waals surface area contributed by atoms with Crippen LogP contribution in [0.2, 0.25) is 0 Å². The van der Waals surface area contributed by atoms with Crippen LogP contribution in [0.5, 0.6) is 5.75 Å². The van der Waals surface area contributed by atoms with Crippen molar-refractivity contribution < 1.29 is 14.2 Å². The Hall–Kier alpha value is -2.39. The third-order valence-electron chi connectivity index (χ3n) is 3.59. The molecule has 0 amide bonds. The summed E-state index contributed by atoms with van der Waals surface area (Å²) in [7, 11) is 1.48. The van der Waals surface area contributed by atoms with E-state index in [9.17, 15) is 9.50 Å². The lowest BCUT2D eigenvalue weighted by molar-refractivity contribution is 0.215. The molecule has 3 aromatic carbocycles. The lowest BCUT2D eigenvalue weighted by Crippen LogP contribution is -2.03. The Morgan fingerprint density at radius 1 is 0.952 bits per heavy atom. The monoisotopic (exact) mass is 282 g/mol. The number of halogens is 1. The summed E-state index contributed by atoms with van der Waals surface area (Å²) in [6.07, 6.45) is -1.000. The number of fused-ring (bicyclic) bond motifs is 1. The first-order valence-electron chi connectivity index (χ1n) is 6.69. The standard InChI is InChI=1S/C18H15FO2/c1-21-15-8-9-16(17(19)11-15)18(20)14-7-6-12-4-2-3-5-13(12)10-14/h2-11,18,20H,1H3. The van der Waals surface area contributed by atoms with Crippen LogP contribution < -0.4 is 4.74 Å². The van der Waals surface area contributed by atoms with Crippen LogP contribution in [-0.4, -0.2) is 12.2 Å². The summed E-state index contributed by atoms with van der Waals surface area (Å²) in [6, 6.07) is 18.0. The molecule has 0 aliphatic carbocycles. The van der Waals surface area contributed by atoms with Crippen LogP contribution in [0.1, 0.15) is 17.2 Å². The predicted molar refractivity (Wildman–Crippen MR) is 81.0 cm³/mol. The maximum Gasteiger partial charge on any atom is 0.133 e. The van der Waals surface area contributed by atoms with Crippen molar-refractivity contribution in [1.29, 1.82) is 0 Å². The fraction of sp³-hybridized carbons (Fsp3) is 0.111. The molecule has 0 fully saturated rings. The summed E-state index contributed by atoms with van der Waals surface area (Å²) in [5.74, 6) is -0.0445. The highest BCUT2D eigenvalue weighted by Crippen LogP contribution is 2.28. The van der Waals surface area contributed by atoms with Crippen molar-refractivity contribution in [3.8, 4) is 5.75 Å². The number of hydrogen-bond donors (Lipinski definition) is 1. The van der Waals surface area contributed by atoms with Crippen LogP contribution in [0.4, 0.5) is 4.39 Å². The van der Waals surface area contributed by atoms with Crippen molar-refractivity contribution in [3.05, 3.63) is 77.6 Å². The van der Waals surface area contributed by atoms with Crippen molar-refractivity contribution in [2.75, 3.05) is 7.11 Å². The molecule has 0 aliphatic rings. The van der Waals surface area contributed by atoms with Gasteiger partial charge >= 0.3 is 0 Å². The van der Waals surface area contributed by atoms with Crippen LogP contribution in [-0.2, 0) is 0 Å². The number of ether oxygens (including phenoxy) is 1. The normalized spacial score (nSPS) is 12.3. The molecule has 3 rings (SSSR count). The number of methoxy groups -OCH3 is 1. The minimum atomic E-state index is -1.000. The van der Waals surface area contributed by atoms with Gasteiger partial charge in [0.25, 0.3) is 0 Å². The van der Waals surface area contributed by atoms with Crippen LogP contribution in [0.15, 0.2) is 60.7 Å². The fourth-order valence-electron chi connectivity index (χ4n) is 2.41. The zero-order chi connectivity index (χ0) is 14.8. The average Bonchev–Trinajstić information content (AvgIpc) is 2.53. The van der Waals surface area contributed by atoms with Crippen molar-refractivity contribution in [3.63, 3.8) is 0 Å². The average molecular weight is 282 g/mol. The van der Waals surface area contributed by atoms with Gasteiger partial charge in [0.15, 0.2) is 0 Å². The van der Waals surface area contributed by atoms with E-state index in [0.717, 1.165) is 10.8 Å². The first-order chi connectivity index (χ1) is 10.2. The van der Waals surface area contributed by atoms with E-state index in [0.29, 0.717) is 11.3 Å². The summed E-state index contributed by atoms with van der Waals surface area (Å²) in [4.78, 5) is 0. The molecule has 1 atom stereocenters. The summed E-state index contributed by atoms with van der Waals surface area (Å²) < 4.78 is 19.0. The van der Waals surface area contributed by atoms with Gasteiger partial charge in [-0.05, 0) is 34.5 Å². The van der Waals surface area contributed by atoms with Crippen molar-refractivity contribution >= 4 is 10.8 Å². The summed E-state index contributed by atoms with van der Waals surface area (Å²) in [5.41, 5.74) is 0.906. The van der Waals surface area contributed by atoms with Crippen LogP contribution >= 0.6 is 0 Å². The maximum absolute atomic E-state index is 14.0. The molecule has 0 aromatic heterocycles. The number of hydrogen-bond acceptors (Lipinski definition) is 2. The highest BCUT2D eigenvalue weighted by Gasteiger charge is 2.16. The summed E-state index contributed by atoms with van der Waals surface area (Å²) in [6.45, 7) is 0. The Labute approximate surface area is 122 Å². The molecule has 0 radical (unpaired) electrons. The quantitative estimate of drug-likeness (QED) is 0.784. The minimum Gasteiger partial charge on any atom is -0.497 e. The van der Waals surface area contributed by atoms with E-state index in [4.69, 9.17) is 4.74 Å². The molecule has 1 unspecified atom stereocenters. The van der Waals surface area contributed by atoms with E-state index >= 15 is 0 Å². The van der Waals surface area contributed by atoms with Crippen molar-refractivity contribution in [2.24, 2.45) is 0 Å². The number of rotatable bonds is 3. The molecule has 3 heteroatoms. The maximum atomic E-state index is 14.0. The summed E-state index contributed by atoms with van der Waals surface area (Å²) in [5, 5.41) is 12.5. The smallest absolute Gasteiger partial charge is 0.133 e. The van der Waals surface area contributed by atoms with Gasteiger partial charge in [-0.15, -0.1) is 0 Å². The van der Waals surface area contributed by atoms with Gasteiger partial charge in [-0.1, -0.05) is 36.4 Å². The van der Waals surface area contributed by atoms with Gasteiger partial charge in [-0.25, -0.2) is 4.39 Å². The third kappa shape index (κ3) is 2.60. The minimum absolute atomic E-state index is 0.242. The van der Waals surface area contributed by atoms with Crippen molar-refractivity contribution in [1.82, 2.24) is 0 Å². The SMILES string of the molecule is COc1ccc(C(O)c2ccc3ccccc3c2)c(F)c1. The molecule has 0 bridgehead atoms. The Morgan fingerprint density at radius 3 is 2.43 bits per heavy atom. The summed E-state index contributed by atoms with van der Waals surface area (Å²) >= 11 is 0. The van der Waals surface area contributed by atoms with E-state index < -0.39 is 11.9 Å². The van der Waals surface area contributed by atoms with Gasteiger partial charge in [0.05, 0.1) is 7.11 Å². The van der Waals surface area contributed by atoms with Crippen LogP contribution in [0.3, 0.4) is 0 Å². The first kappa shape index (κ1) is 13.6. The lowest BCUT2D eigenvalue weighted by Gasteiger charge is -2.14. The number of aliphatic hydroxyl groups excluding tert-OH is 1. The van der Waals surface area contributed by atoms with Gasteiger partial charge < -0.3 is 9.84 Å². The Bertz CT molecular complexity index is 783. The zero-order valence-corrected chi connectivity index (χ0v) is 11.6. The highest BCUT2D eigenvalue weighted by atomic mass is 19.1. The van der Waals surface area contributed by atoms with Gasteiger partial charge in [0.1, 0.15) is 17.7 Å². The second-order valence-electron chi connectivity index (χ2n) is 4.90. The van der Waals surface area contributed by atoms with Gasteiger partial charge in [-0.3, -0.25) is 0 Å². The van der Waals surface area contributed by atoms with E-state index in [2.05, 4.69) is 0 Å². The topological polar surface area (TPSA) is 29.5 Å². The molecular formula is C18H15FO2. The van der Waals surface area contributed by atoms with E-state index in [1.165, 1.54) is 13.2 Å². The van der Waals surface area contributed by atoms with Gasteiger partial charge in [-0.2, -0.15) is 0 Å². The molecule has 1 N–H and O–H groups in total. The van der Waals surface area contributed by atoms with Crippen LogP contribution in [0.25, 0.3) is 10.8 Å². The molecule has 2 nitrogen and oxygen atoms in total. The second-order valence-corrected chi connectivity index (χ2v) is 4.90. The van der Waals surface area contributed by atoms with E-state index in [1.807, 2.05) is 42.5 Å². The Kier molecular flexibility index (Phi) is 3.59. The highest BCUT2D eigenvalue weighted by molar-refractivity contribution is 5.83. The van der Waals surface area contributed by atoms with E-state index in [1.54, 1.807) is 12.1 Å². The Balaban J connectivity index is 2.01. The number of aliphatic hydroxyl groups is 1. The molecule has 0 aliphatic heterocycles. The molecule has 106 valence electrons. The van der Waals surface area contributed by atoms with Crippen molar-refractivity contribution in [2.45, 2.75) is 6.10 Å². The van der Waals surface area contributed by atoms with Crippen LogP contribution in [0, 0.1) is 5.82 Å². The Morgan fingerprint density at radius 2 is 1.71 bits per heavy atom.